The smallest absolute Gasteiger partial charge is 0.251 e. The van der Waals surface area contributed by atoms with E-state index in [4.69, 9.17) is 10.5 Å². The van der Waals surface area contributed by atoms with Crippen LogP contribution in [-0.4, -0.2) is 11.5 Å². The molecule has 0 saturated carbocycles. The molecule has 134 valence electrons. The Morgan fingerprint density at radius 3 is 2.68 bits per heavy atom. The molecule has 1 amide bonds. The van der Waals surface area contributed by atoms with E-state index in [-0.39, 0.29) is 24.4 Å². The van der Waals surface area contributed by atoms with Crippen molar-refractivity contribution >= 4 is 24.0 Å². The zero-order chi connectivity index (χ0) is 17.5. The van der Waals surface area contributed by atoms with Gasteiger partial charge in [0.25, 0.3) is 5.91 Å². The zero-order valence-corrected chi connectivity index (χ0v) is 15.2. The summed E-state index contributed by atoms with van der Waals surface area (Å²) in [7, 11) is 0. The number of ether oxygens (including phenoxy) is 1. The molecular formula is C19H22ClFN2O2. The lowest BCUT2D eigenvalue weighted by Crippen LogP contribution is -2.41. The quantitative estimate of drug-likeness (QED) is 0.786. The number of anilines is 1. The number of rotatable bonds is 2. The zero-order valence-electron chi connectivity index (χ0n) is 14.4. The van der Waals surface area contributed by atoms with Crippen molar-refractivity contribution in [2.75, 3.05) is 5.73 Å². The van der Waals surface area contributed by atoms with Crippen molar-refractivity contribution in [3.05, 3.63) is 58.9 Å². The molecule has 2 aromatic carbocycles. The van der Waals surface area contributed by atoms with E-state index in [0.717, 1.165) is 5.56 Å². The molecule has 1 heterocycles. The van der Waals surface area contributed by atoms with Gasteiger partial charge in [0.1, 0.15) is 17.2 Å². The number of amides is 1. The van der Waals surface area contributed by atoms with E-state index in [9.17, 15) is 9.18 Å². The van der Waals surface area contributed by atoms with E-state index in [2.05, 4.69) is 5.32 Å². The van der Waals surface area contributed by atoms with Gasteiger partial charge < -0.3 is 15.8 Å². The van der Waals surface area contributed by atoms with Gasteiger partial charge in [-0.1, -0.05) is 0 Å². The number of nitrogens with one attached hydrogen (secondary N) is 1. The second-order valence-corrected chi connectivity index (χ2v) is 6.91. The number of carbonyl (C=O) groups is 1. The summed E-state index contributed by atoms with van der Waals surface area (Å²) in [6.07, 6.45) is 0.601. The first kappa shape index (κ1) is 19.1. The van der Waals surface area contributed by atoms with Crippen molar-refractivity contribution in [1.82, 2.24) is 5.32 Å². The monoisotopic (exact) mass is 364 g/mol. The fraction of sp³-hybridized carbons (Fsp3) is 0.316. The maximum atomic E-state index is 13.6. The number of halogens is 2. The third kappa shape index (κ3) is 4.23. The molecule has 0 bridgehead atoms. The summed E-state index contributed by atoms with van der Waals surface area (Å²) in [6, 6.07) is 9.46. The molecule has 1 unspecified atom stereocenters. The molecule has 1 atom stereocenters. The predicted octanol–water partition coefficient (Wildman–Crippen LogP) is 4.17. The third-order valence-corrected chi connectivity index (χ3v) is 4.10. The predicted molar refractivity (Wildman–Crippen MR) is 98.8 cm³/mol. The van der Waals surface area contributed by atoms with Gasteiger partial charge >= 0.3 is 0 Å². The lowest BCUT2D eigenvalue weighted by molar-refractivity contribution is 0.0620. The number of hydrogen-bond acceptors (Lipinski definition) is 3. The summed E-state index contributed by atoms with van der Waals surface area (Å²) in [5.41, 5.74) is 7.92. The Balaban J connectivity index is 0.00000225. The number of fused-ring (bicyclic) bond motifs is 1. The topological polar surface area (TPSA) is 64.3 Å². The fourth-order valence-electron chi connectivity index (χ4n) is 3.11. The molecular weight excluding hydrogens is 343 g/mol. The highest BCUT2D eigenvalue weighted by Crippen LogP contribution is 2.40. The Bertz CT molecular complexity index is 788. The molecule has 3 N–H and O–H groups in total. The average molecular weight is 365 g/mol. The van der Waals surface area contributed by atoms with Crippen LogP contribution >= 0.6 is 12.4 Å². The van der Waals surface area contributed by atoms with Gasteiger partial charge in [0.15, 0.2) is 0 Å². The normalized spacial score (nSPS) is 17.7. The highest BCUT2D eigenvalue weighted by atomic mass is 35.5. The van der Waals surface area contributed by atoms with E-state index in [1.807, 2.05) is 26.0 Å². The van der Waals surface area contributed by atoms with Crippen LogP contribution in [0.3, 0.4) is 0 Å². The van der Waals surface area contributed by atoms with Crippen LogP contribution in [0.2, 0.25) is 0 Å². The molecule has 0 spiro atoms. The number of nitrogens with two attached hydrogens (primary N) is 1. The van der Waals surface area contributed by atoms with Gasteiger partial charge in [0, 0.05) is 23.2 Å². The molecule has 2 aromatic rings. The lowest BCUT2D eigenvalue weighted by atomic mass is 9.89. The molecule has 0 saturated heterocycles. The molecule has 0 radical (unpaired) electrons. The fourth-order valence-corrected chi connectivity index (χ4v) is 3.11. The maximum absolute atomic E-state index is 13.6. The Labute approximate surface area is 153 Å². The van der Waals surface area contributed by atoms with Crippen LogP contribution in [0, 0.1) is 12.7 Å². The average Bonchev–Trinajstić information content (AvgIpc) is 2.46. The van der Waals surface area contributed by atoms with Crippen LogP contribution in [0.1, 0.15) is 47.8 Å². The summed E-state index contributed by atoms with van der Waals surface area (Å²) in [4.78, 5) is 12.6. The minimum absolute atomic E-state index is 0. The second kappa shape index (κ2) is 6.92. The van der Waals surface area contributed by atoms with Crippen LogP contribution in [-0.2, 0) is 0 Å². The summed E-state index contributed by atoms with van der Waals surface area (Å²) in [6.45, 7) is 5.70. The van der Waals surface area contributed by atoms with E-state index in [0.29, 0.717) is 29.0 Å². The van der Waals surface area contributed by atoms with Crippen molar-refractivity contribution < 1.29 is 13.9 Å². The minimum atomic E-state index is -0.419. The van der Waals surface area contributed by atoms with Crippen molar-refractivity contribution in [3.8, 4) is 5.75 Å². The summed E-state index contributed by atoms with van der Waals surface area (Å²) >= 11 is 0. The molecule has 4 nitrogen and oxygen atoms in total. The molecule has 6 heteroatoms. The Morgan fingerprint density at radius 2 is 2.00 bits per heavy atom. The highest BCUT2D eigenvalue weighted by Gasteiger charge is 2.34. The second-order valence-electron chi connectivity index (χ2n) is 6.91. The van der Waals surface area contributed by atoms with Gasteiger partial charge in [-0.2, -0.15) is 0 Å². The van der Waals surface area contributed by atoms with Crippen molar-refractivity contribution in [3.63, 3.8) is 0 Å². The first-order valence-electron chi connectivity index (χ1n) is 7.90. The molecule has 1 aliphatic heterocycles. The van der Waals surface area contributed by atoms with Crippen molar-refractivity contribution in [1.29, 1.82) is 0 Å². The molecule has 0 fully saturated rings. The standard InChI is InChI=1S/C19H21FN2O2.ClH/c1-11-6-12(8-13(20)7-11)18(23)22-16-10-19(2,3)24-17-5-4-14(21)9-15(16)17;/h4-9,16H,10,21H2,1-3H3,(H,22,23);1H. The lowest BCUT2D eigenvalue weighted by Gasteiger charge is -2.38. The van der Waals surface area contributed by atoms with Gasteiger partial charge in [-0.25, -0.2) is 4.39 Å². The number of nitrogen functional groups attached to an aromatic ring is 1. The van der Waals surface area contributed by atoms with E-state index in [1.54, 1.807) is 19.1 Å². The molecule has 3 rings (SSSR count). The van der Waals surface area contributed by atoms with Crippen LogP contribution in [0.5, 0.6) is 5.75 Å². The summed E-state index contributed by atoms with van der Waals surface area (Å²) < 4.78 is 19.5. The number of aryl methyl sites for hydroxylation is 1. The number of benzene rings is 2. The SMILES string of the molecule is Cc1cc(F)cc(C(=O)NC2CC(C)(C)Oc3ccc(N)cc32)c1.Cl. The van der Waals surface area contributed by atoms with Gasteiger partial charge in [0.05, 0.1) is 6.04 Å². The molecule has 0 aliphatic carbocycles. The number of hydrogen-bond donors (Lipinski definition) is 2. The third-order valence-electron chi connectivity index (χ3n) is 4.10. The molecule has 1 aliphatic rings. The maximum Gasteiger partial charge on any atom is 0.251 e. The van der Waals surface area contributed by atoms with Crippen LogP contribution in [0.15, 0.2) is 36.4 Å². The Hall–Kier alpha value is -2.27. The van der Waals surface area contributed by atoms with Gasteiger partial charge in [-0.3, -0.25) is 4.79 Å². The highest BCUT2D eigenvalue weighted by molar-refractivity contribution is 5.94. The van der Waals surface area contributed by atoms with Crippen molar-refractivity contribution in [2.45, 2.75) is 38.8 Å². The van der Waals surface area contributed by atoms with E-state index < -0.39 is 11.4 Å². The van der Waals surface area contributed by atoms with E-state index in [1.165, 1.54) is 12.1 Å². The van der Waals surface area contributed by atoms with Crippen molar-refractivity contribution in [2.24, 2.45) is 0 Å². The minimum Gasteiger partial charge on any atom is -0.487 e. The first-order chi connectivity index (χ1) is 11.2. The van der Waals surface area contributed by atoms with Crippen LogP contribution in [0.4, 0.5) is 10.1 Å². The van der Waals surface area contributed by atoms with E-state index >= 15 is 0 Å². The Morgan fingerprint density at radius 1 is 1.28 bits per heavy atom. The summed E-state index contributed by atoms with van der Waals surface area (Å²) in [5.74, 6) is -0.0213. The summed E-state index contributed by atoms with van der Waals surface area (Å²) in [5, 5.41) is 2.99. The molecule has 0 aromatic heterocycles. The van der Waals surface area contributed by atoms with Gasteiger partial charge in [-0.05, 0) is 62.7 Å². The molecule has 25 heavy (non-hydrogen) atoms. The van der Waals surface area contributed by atoms with Gasteiger partial charge in [0.2, 0.25) is 0 Å². The van der Waals surface area contributed by atoms with Crippen LogP contribution in [0.25, 0.3) is 0 Å². The van der Waals surface area contributed by atoms with Gasteiger partial charge in [-0.15, -0.1) is 12.4 Å². The first-order valence-corrected chi connectivity index (χ1v) is 7.90. The van der Waals surface area contributed by atoms with Crippen LogP contribution < -0.4 is 15.8 Å². The Kier molecular flexibility index (Phi) is 5.28. The largest absolute Gasteiger partial charge is 0.487 e. The number of carbonyl (C=O) groups excluding carboxylic acids is 1.